The number of carbonyl (C=O) groups excluding carboxylic acids is 1. The molecule has 0 saturated carbocycles. The Morgan fingerprint density at radius 1 is 1.36 bits per heavy atom. The monoisotopic (exact) mass is 342 g/mol. The van der Waals surface area contributed by atoms with E-state index in [1.165, 1.54) is 0 Å². The second-order valence-corrected chi connectivity index (χ2v) is 6.04. The summed E-state index contributed by atoms with van der Waals surface area (Å²) in [6.07, 6.45) is 2.09. The summed E-state index contributed by atoms with van der Waals surface area (Å²) < 4.78 is 11.5. The van der Waals surface area contributed by atoms with E-state index >= 15 is 0 Å². The quantitative estimate of drug-likeness (QED) is 0.867. The van der Waals surface area contributed by atoms with Crippen LogP contribution in [0, 0.1) is 6.92 Å². The third kappa shape index (κ3) is 4.35. The van der Waals surface area contributed by atoms with E-state index in [1.54, 1.807) is 18.3 Å². The van der Waals surface area contributed by atoms with E-state index in [4.69, 9.17) is 14.6 Å². The molecule has 1 aliphatic rings. The lowest BCUT2D eigenvalue weighted by Crippen LogP contribution is -2.51. The first kappa shape index (κ1) is 17.4. The van der Waals surface area contributed by atoms with Gasteiger partial charge in [-0.25, -0.2) is 0 Å². The van der Waals surface area contributed by atoms with Crippen LogP contribution in [0.25, 0.3) is 0 Å². The number of pyridine rings is 1. The maximum Gasteiger partial charge on any atom is 0.253 e. The lowest BCUT2D eigenvalue weighted by Gasteiger charge is -2.32. The Balaban J connectivity index is 1.68. The first-order chi connectivity index (χ1) is 12.2. The van der Waals surface area contributed by atoms with Gasteiger partial charge in [-0.3, -0.25) is 9.78 Å². The first-order valence-corrected chi connectivity index (χ1v) is 8.34. The van der Waals surface area contributed by atoms with Crippen molar-refractivity contribution in [3.63, 3.8) is 0 Å². The van der Waals surface area contributed by atoms with Gasteiger partial charge in [-0.2, -0.15) is 0 Å². The number of aryl methyl sites for hydroxylation is 1. The molecule has 0 radical (unpaired) electrons. The normalized spacial score (nSPS) is 20.1. The predicted octanol–water partition coefficient (Wildman–Crippen LogP) is 1.85. The van der Waals surface area contributed by atoms with Crippen molar-refractivity contribution in [1.82, 2.24) is 10.3 Å². The molecule has 2 N–H and O–H groups in total. The molecule has 6 nitrogen and oxygen atoms in total. The van der Waals surface area contributed by atoms with Crippen LogP contribution in [-0.2, 0) is 11.3 Å². The number of benzene rings is 1. The van der Waals surface area contributed by atoms with Gasteiger partial charge in [0.05, 0.1) is 24.8 Å². The molecule has 0 spiro atoms. The van der Waals surface area contributed by atoms with Crippen LogP contribution < -0.4 is 10.1 Å². The number of nitrogens with zero attached hydrogens (tertiary/aromatic N) is 1. The molecule has 3 rings (SSSR count). The highest BCUT2D eigenvalue weighted by Crippen LogP contribution is 2.19. The molecule has 1 fully saturated rings. The Kier molecular flexibility index (Phi) is 5.63. The highest BCUT2D eigenvalue weighted by molar-refractivity contribution is 5.95. The van der Waals surface area contributed by atoms with Crippen molar-refractivity contribution < 1.29 is 19.4 Å². The molecule has 0 bridgehead atoms. The molecule has 1 saturated heterocycles. The van der Waals surface area contributed by atoms with E-state index < -0.39 is 0 Å². The second-order valence-electron chi connectivity index (χ2n) is 6.04. The third-order valence-electron chi connectivity index (χ3n) is 4.27. The maximum atomic E-state index is 12.5. The topological polar surface area (TPSA) is 80.7 Å². The summed E-state index contributed by atoms with van der Waals surface area (Å²) in [5, 5.41) is 12.2. The van der Waals surface area contributed by atoms with E-state index in [9.17, 15) is 4.79 Å². The largest absolute Gasteiger partial charge is 0.486 e. The van der Waals surface area contributed by atoms with Crippen molar-refractivity contribution in [2.75, 3.05) is 13.2 Å². The standard InChI is InChI=1S/C19H22N2O4/c1-13-16(3-2-9-20-13)19(23)21-17-8-10-24-12-18(17)25-15-6-4-14(11-22)5-7-15/h2-7,9,17-18,22H,8,10-12H2,1H3,(H,21,23). The fourth-order valence-corrected chi connectivity index (χ4v) is 2.81. The summed E-state index contributed by atoms with van der Waals surface area (Å²) >= 11 is 0. The fraction of sp³-hybridized carbons (Fsp3) is 0.368. The SMILES string of the molecule is Cc1ncccc1C(=O)NC1CCOCC1Oc1ccc(CO)cc1. The van der Waals surface area contributed by atoms with Crippen LogP contribution >= 0.6 is 0 Å². The molecule has 2 heterocycles. The molecule has 6 heteroatoms. The van der Waals surface area contributed by atoms with Gasteiger partial charge in [-0.05, 0) is 43.2 Å². The zero-order valence-electron chi connectivity index (χ0n) is 14.1. The van der Waals surface area contributed by atoms with E-state index in [0.29, 0.717) is 36.6 Å². The molecule has 1 amide bonds. The Bertz CT molecular complexity index is 718. The minimum atomic E-state index is -0.269. The molecule has 1 aliphatic heterocycles. The third-order valence-corrected chi connectivity index (χ3v) is 4.27. The van der Waals surface area contributed by atoms with Gasteiger partial charge in [0, 0.05) is 18.5 Å². The second kappa shape index (κ2) is 8.09. The summed E-state index contributed by atoms with van der Waals surface area (Å²) in [4.78, 5) is 16.7. The summed E-state index contributed by atoms with van der Waals surface area (Å²) in [6, 6.07) is 10.6. The lowest BCUT2D eigenvalue weighted by atomic mass is 10.0. The summed E-state index contributed by atoms with van der Waals surface area (Å²) in [5.41, 5.74) is 2.09. The van der Waals surface area contributed by atoms with Crippen molar-refractivity contribution in [3.05, 3.63) is 59.4 Å². The number of hydrogen-bond acceptors (Lipinski definition) is 5. The Morgan fingerprint density at radius 2 is 2.16 bits per heavy atom. The molecule has 0 aliphatic carbocycles. The van der Waals surface area contributed by atoms with E-state index in [0.717, 1.165) is 5.56 Å². The average molecular weight is 342 g/mol. The van der Waals surface area contributed by atoms with Crippen LogP contribution in [0.5, 0.6) is 5.75 Å². The number of aromatic nitrogens is 1. The molecular weight excluding hydrogens is 320 g/mol. The molecule has 132 valence electrons. The van der Waals surface area contributed by atoms with Gasteiger partial charge in [0.1, 0.15) is 11.9 Å². The number of nitrogens with one attached hydrogen (secondary N) is 1. The van der Waals surface area contributed by atoms with E-state index in [2.05, 4.69) is 10.3 Å². The molecule has 2 aromatic rings. The van der Waals surface area contributed by atoms with Gasteiger partial charge >= 0.3 is 0 Å². The fourth-order valence-electron chi connectivity index (χ4n) is 2.81. The van der Waals surface area contributed by atoms with Gasteiger partial charge in [0.25, 0.3) is 5.91 Å². The summed E-state index contributed by atoms with van der Waals surface area (Å²) in [5.74, 6) is 0.534. The predicted molar refractivity (Wildman–Crippen MR) is 92.4 cm³/mol. The highest BCUT2D eigenvalue weighted by atomic mass is 16.5. The van der Waals surface area contributed by atoms with E-state index in [-0.39, 0.29) is 24.7 Å². The maximum absolute atomic E-state index is 12.5. The number of rotatable bonds is 5. The van der Waals surface area contributed by atoms with Crippen LogP contribution in [-0.4, -0.2) is 41.4 Å². The molecule has 1 aromatic heterocycles. The molecule has 2 atom stereocenters. The van der Waals surface area contributed by atoms with Gasteiger partial charge < -0.3 is 19.9 Å². The number of aliphatic hydroxyl groups excluding tert-OH is 1. The van der Waals surface area contributed by atoms with Crippen molar-refractivity contribution in [1.29, 1.82) is 0 Å². The van der Waals surface area contributed by atoms with Crippen molar-refractivity contribution in [2.45, 2.75) is 32.1 Å². The van der Waals surface area contributed by atoms with Crippen LogP contribution in [0.15, 0.2) is 42.6 Å². The minimum absolute atomic E-state index is 0.00400. The Labute approximate surface area is 146 Å². The number of hydrogen-bond donors (Lipinski definition) is 2. The first-order valence-electron chi connectivity index (χ1n) is 8.34. The number of ether oxygens (including phenoxy) is 2. The Hall–Kier alpha value is -2.44. The minimum Gasteiger partial charge on any atom is -0.486 e. The molecule has 2 unspecified atom stereocenters. The van der Waals surface area contributed by atoms with Gasteiger partial charge in [-0.15, -0.1) is 0 Å². The van der Waals surface area contributed by atoms with Crippen LogP contribution in [0.4, 0.5) is 0 Å². The number of amides is 1. The molecule has 1 aromatic carbocycles. The van der Waals surface area contributed by atoms with Gasteiger partial charge in [0.15, 0.2) is 0 Å². The van der Waals surface area contributed by atoms with Crippen molar-refractivity contribution >= 4 is 5.91 Å². The van der Waals surface area contributed by atoms with Gasteiger partial charge in [0.2, 0.25) is 0 Å². The smallest absolute Gasteiger partial charge is 0.253 e. The molecule has 25 heavy (non-hydrogen) atoms. The summed E-state index contributed by atoms with van der Waals surface area (Å²) in [7, 11) is 0. The van der Waals surface area contributed by atoms with E-state index in [1.807, 2.05) is 31.2 Å². The molecular formula is C19H22N2O4. The zero-order valence-corrected chi connectivity index (χ0v) is 14.1. The lowest BCUT2D eigenvalue weighted by molar-refractivity contribution is -0.0135. The van der Waals surface area contributed by atoms with Crippen LogP contribution in [0.3, 0.4) is 0 Å². The van der Waals surface area contributed by atoms with Crippen LogP contribution in [0.1, 0.15) is 28.0 Å². The van der Waals surface area contributed by atoms with Gasteiger partial charge in [-0.1, -0.05) is 12.1 Å². The zero-order chi connectivity index (χ0) is 17.6. The van der Waals surface area contributed by atoms with Crippen LogP contribution in [0.2, 0.25) is 0 Å². The highest BCUT2D eigenvalue weighted by Gasteiger charge is 2.29. The number of aliphatic hydroxyl groups is 1. The number of carbonyl (C=O) groups is 1. The Morgan fingerprint density at radius 3 is 2.88 bits per heavy atom. The summed E-state index contributed by atoms with van der Waals surface area (Å²) in [6.45, 7) is 2.81. The van der Waals surface area contributed by atoms with Crippen molar-refractivity contribution in [2.24, 2.45) is 0 Å². The van der Waals surface area contributed by atoms with Crippen molar-refractivity contribution in [3.8, 4) is 5.75 Å². The average Bonchev–Trinajstić information content (AvgIpc) is 2.64.